The maximum absolute atomic E-state index is 12.9. The maximum atomic E-state index is 12.9. The largest absolute Gasteiger partial charge is 0.463 e. The lowest BCUT2D eigenvalue weighted by molar-refractivity contribution is -0.384. The van der Waals surface area contributed by atoms with Gasteiger partial charge in [-0.3, -0.25) is 14.9 Å². The van der Waals surface area contributed by atoms with Gasteiger partial charge >= 0.3 is 11.9 Å². The summed E-state index contributed by atoms with van der Waals surface area (Å²) in [4.78, 5) is 48.0. The zero-order chi connectivity index (χ0) is 21.9. The molecule has 30 heavy (non-hydrogen) atoms. The number of nitro groups is 1. The Balaban J connectivity index is 2.05. The molecule has 9 nitrogen and oxygen atoms in total. The van der Waals surface area contributed by atoms with Crippen LogP contribution in [0, 0.1) is 10.1 Å². The van der Waals surface area contributed by atoms with Crippen LogP contribution in [-0.2, 0) is 19.1 Å². The maximum Gasteiger partial charge on any atom is 0.373 e. The first-order valence-corrected chi connectivity index (χ1v) is 8.90. The molecule has 1 amide bonds. The Morgan fingerprint density at radius 3 is 2.33 bits per heavy atom. The minimum atomic E-state index is -1.58. The van der Waals surface area contributed by atoms with Crippen molar-refractivity contribution in [2.75, 3.05) is 7.11 Å². The molecular formula is C21H18N2O7. The summed E-state index contributed by atoms with van der Waals surface area (Å²) in [5.41, 5.74) is -0.920. The number of hydrogen-bond donors (Lipinski definition) is 1. The van der Waals surface area contributed by atoms with Gasteiger partial charge < -0.3 is 14.8 Å². The van der Waals surface area contributed by atoms with Gasteiger partial charge in [0.2, 0.25) is 5.76 Å². The molecule has 2 atom stereocenters. The molecule has 2 aromatic carbocycles. The second-order valence-electron chi connectivity index (χ2n) is 6.76. The lowest BCUT2D eigenvalue weighted by Gasteiger charge is -2.38. The van der Waals surface area contributed by atoms with Crippen LogP contribution in [0.5, 0.6) is 0 Å². The van der Waals surface area contributed by atoms with Gasteiger partial charge in [0, 0.05) is 23.6 Å². The van der Waals surface area contributed by atoms with Crippen LogP contribution in [-0.4, -0.2) is 35.4 Å². The number of benzene rings is 2. The van der Waals surface area contributed by atoms with Crippen LogP contribution < -0.4 is 5.32 Å². The number of nitro benzene ring substituents is 1. The first kappa shape index (κ1) is 20.7. The van der Waals surface area contributed by atoms with Gasteiger partial charge in [0.05, 0.1) is 12.0 Å². The normalized spacial score (nSPS) is 20.5. The summed E-state index contributed by atoms with van der Waals surface area (Å²) in [5, 5.41) is 13.6. The Bertz CT molecular complexity index is 1030. The number of ether oxygens (including phenoxy) is 2. The standard InChI is InChI=1S/C21H18N2O7/c1-21(22-18(24)14-6-4-3-5-7-14)16(12-17(19(25)29-2)30-20(21)26)13-8-10-15(11-9-13)23(27)28/h3-12,16H,1-2H3,(H,22,24)/t16-,21+/m1/s1. The molecule has 0 aliphatic carbocycles. The van der Waals surface area contributed by atoms with Gasteiger partial charge in [-0.1, -0.05) is 30.3 Å². The van der Waals surface area contributed by atoms with Crippen molar-refractivity contribution in [3.05, 3.63) is 87.7 Å². The lowest BCUT2D eigenvalue weighted by Crippen LogP contribution is -2.58. The molecule has 3 rings (SSSR count). The number of non-ortho nitro benzene ring substituents is 1. The molecule has 9 heteroatoms. The molecule has 0 spiro atoms. The molecule has 1 aliphatic rings. The first-order valence-electron chi connectivity index (χ1n) is 8.90. The van der Waals surface area contributed by atoms with E-state index >= 15 is 0 Å². The van der Waals surface area contributed by atoms with Crippen molar-refractivity contribution in [1.82, 2.24) is 5.32 Å². The van der Waals surface area contributed by atoms with Crippen LogP contribution in [0.15, 0.2) is 66.4 Å². The molecule has 1 heterocycles. The monoisotopic (exact) mass is 410 g/mol. The van der Waals surface area contributed by atoms with Gasteiger partial charge in [-0.2, -0.15) is 0 Å². The number of nitrogens with zero attached hydrogens (tertiary/aromatic N) is 1. The summed E-state index contributed by atoms with van der Waals surface area (Å²) in [6.07, 6.45) is 1.36. The Kier molecular flexibility index (Phi) is 5.63. The van der Waals surface area contributed by atoms with Crippen molar-refractivity contribution in [3.8, 4) is 0 Å². The lowest BCUT2D eigenvalue weighted by atomic mass is 9.78. The molecular weight excluding hydrogens is 392 g/mol. The third-order valence-corrected chi connectivity index (χ3v) is 4.83. The minimum absolute atomic E-state index is 0.135. The van der Waals surface area contributed by atoms with Crippen molar-refractivity contribution in [2.45, 2.75) is 18.4 Å². The Morgan fingerprint density at radius 2 is 1.77 bits per heavy atom. The number of esters is 2. The van der Waals surface area contributed by atoms with E-state index in [1.165, 1.54) is 37.3 Å². The van der Waals surface area contributed by atoms with Crippen LogP contribution in [0.25, 0.3) is 0 Å². The molecule has 2 aromatic rings. The van der Waals surface area contributed by atoms with Crippen molar-refractivity contribution in [2.24, 2.45) is 0 Å². The van der Waals surface area contributed by atoms with Crippen LogP contribution >= 0.6 is 0 Å². The molecule has 1 N–H and O–H groups in total. The van der Waals surface area contributed by atoms with Gasteiger partial charge in [0.15, 0.2) is 0 Å². The van der Waals surface area contributed by atoms with E-state index in [0.29, 0.717) is 11.1 Å². The van der Waals surface area contributed by atoms with Gasteiger partial charge in [0.1, 0.15) is 5.54 Å². The Hall–Kier alpha value is -4.01. The van der Waals surface area contributed by atoms with Gasteiger partial charge in [0.25, 0.3) is 11.6 Å². The van der Waals surface area contributed by atoms with E-state index in [0.717, 1.165) is 7.11 Å². The number of amides is 1. The summed E-state index contributed by atoms with van der Waals surface area (Å²) >= 11 is 0. The SMILES string of the molecule is COC(=O)C1=C[C@H](c2ccc([N+](=O)[O-])cc2)[C@](C)(NC(=O)c2ccccc2)C(=O)O1. The molecule has 0 fully saturated rings. The van der Waals surface area contributed by atoms with E-state index < -0.39 is 34.2 Å². The molecule has 0 unspecified atom stereocenters. The average Bonchev–Trinajstić information content (AvgIpc) is 2.75. The third-order valence-electron chi connectivity index (χ3n) is 4.83. The topological polar surface area (TPSA) is 125 Å². The highest BCUT2D eigenvalue weighted by Crippen LogP contribution is 2.37. The van der Waals surface area contributed by atoms with Crippen LogP contribution in [0.2, 0.25) is 0 Å². The van der Waals surface area contributed by atoms with Crippen LogP contribution in [0.4, 0.5) is 5.69 Å². The smallest absolute Gasteiger partial charge is 0.373 e. The molecule has 0 saturated heterocycles. The first-order chi connectivity index (χ1) is 14.3. The number of carbonyl (C=O) groups excluding carboxylic acids is 3. The van der Waals surface area contributed by atoms with Crippen molar-refractivity contribution < 1.29 is 28.8 Å². The van der Waals surface area contributed by atoms with E-state index in [4.69, 9.17) is 4.74 Å². The second kappa shape index (κ2) is 8.16. The Labute approximate surface area is 171 Å². The van der Waals surface area contributed by atoms with Crippen molar-refractivity contribution in [3.63, 3.8) is 0 Å². The summed E-state index contributed by atoms with van der Waals surface area (Å²) in [6.45, 7) is 1.47. The van der Waals surface area contributed by atoms with Gasteiger partial charge in [-0.15, -0.1) is 0 Å². The molecule has 0 saturated carbocycles. The van der Waals surface area contributed by atoms with E-state index in [1.807, 2.05) is 0 Å². The van der Waals surface area contributed by atoms with Crippen molar-refractivity contribution >= 4 is 23.5 Å². The van der Waals surface area contributed by atoms with E-state index in [1.54, 1.807) is 30.3 Å². The average molecular weight is 410 g/mol. The number of nitrogens with one attached hydrogen (secondary N) is 1. The quantitative estimate of drug-likeness (QED) is 0.456. The summed E-state index contributed by atoms with van der Waals surface area (Å²) in [7, 11) is 1.14. The Morgan fingerprint density at radius 1 is 1.13 bits per heavy atom. The summed E-state index contributed by atoms with van der Waals surface area (Å²) in [5.74, 6) is -3.40. The van der Waals surface area contributed by atoms with Crippen LogP contribution in [0.1, 0.15) is 28.8 Å². The minimum Gasteiger partial charge on any atom is -0.463 e. The number of rotatable bonds is 5. The fraction of sp³-hybridized carbons (Fsp3) is 0.190. The number of methoxy groups -OCH3 is 1. The highest BCUT2D eigenvalue weighted by Gasteiger charge is 2.49. The van der Waals surface area contributed by atoms with Crippen molar-refractivity contribution in [1.29, 1.82) is 0 Å². The molecule has 1 aliphatic heterocycles. The molecule has 0 radical (unpaired) electrons. The predicted octanol–water partition coefficient (Wildman–Crippen LogP) is 2.48. The number of carbonyl (C=O) groups is 3. The van der Waals surface area contributed by atoms with E-state index in [9.17, 15) is 24.5 Å². The third kappa shape index (κ3) is 3.90. The fourth-order valence-corrected chi connectivity index (χ4v) is 3.15. The molecule has 0 bridgehead atoms. The molecule has 0 aromatic heterocycles. The number of cyclic esters (lactones) is 1. The fourth-order valence-electron chi connectivity index (χ4n) is 3.15. The van der Waals surface area contributed by atoms with E-state index in [2.05, 4.69) is 10.1 Å². The zero-order valence-corrected chi connectivity index (χ0v) is 16.2. The highest BCUT2D eigenvalue weighted by molar-refractivity contribution is 6.01. The van der Waals surface area contributed by atoms with Gasteiger partial charge in [-0.25, -0.2) is 9.59 Å². The van der Waals surface area contributed by atoms with Crippen LogP contribution in [0.3, 0.4) is 0 Å². The van der Waals surface area contributed by atoms with Gasteiger partial charge in [-0.05, 0) is 30.7 Å². The highest BCUT2D eigenvalue weighted by atomic mass is 16.6. The summed E-state index contributed by atoms with van der Waals surface area (Å²) in [6, 6.07) is 13.8. The van der Waals surface area contributed by atoms with E-state index in [-0.39, 0.29) is 11.4 Å². The second-order valence-corrected chi connectivity index (χ2v) is 6.76. The zero-order valence-electron chi connectivity index (χ0n) is 16.2. The summed E-state index contributed by atoms with van der Waals surface area (Å²) < 4.78 is 9.76. The predicted molar refractivity (Wildman–Crippen MR) is 104 cm³/mol. The molecule has 154 valence electrons. The number of hydrogen-bond acceptors (Lipinski definition) is 7.